The molecule has 0 radical (unpaired) electrons. The third-order valence-corrected chi connectivity index (χ3v) is 3.67. The van der Waals surface area contributed by atoms with Crippen LogP contribution in [0.4, 0.5) is 5.69 Å². The third-order valence-electron chi connectivity index (χ3n) is 3.67. The maximum Gasteiger partial charge on any atom is 0.237 e. The van der Waals surface area contributed by atoms with Crippen LogP contribution in [-0.4, -0.2) is 50.5 Å². The number of anilines is 1. The highest BCUT2D eigenvalue weighted by Crippen LogP contribution is 2.28. The van der Waals surface area contributed by atoms with Crippen LogP contribution in [0.15, 0.2) is 18.3 Å². The van der Waals surface area contributed by atoms with Gasteiger partial charge >= 0.3 is 0 Å². The average molecular weight is 263 g/mol. The molecule has 0 spiro atoms. The van der Waals surface area contributed by atoms with E-state index in [0.717, 1.165) is 63.8 Å². The molecule has 1 N–H and O–H groups in total. The Balaban J connectivity index is 1.72. The molecule has 0 bridgehead atoms. The van der Waals surface area contributed by atoms with Crippen molar-refractivity contribution in [3.63, 3.8) is 0 Å². The minimum absolute atomic E-state index is 0.288. The molecule has 0 saturated carbocycles. The largest absolute Gasteiger partial charge is 0.473 e. The summed E-state index contributed by atoms with van der Waals surface area (Å²) in [4.78, 5) is 6.72. The monoisotopic (exact) mass is 263 g/mol. The van der Waals surface area contributed by atoms with Crippen molar-refractivity contribution in [2.45, 2.75) is 18.9 Å². The van der Waals surface area contributed by atoms with E-state index in [1.165, 1.54) is 0 Å². The summed E-state index contributed by atoms with van der Waals surface area (Å²) >= 11 is 0. The van der Waals surface area contributed by atoms with E-state index >= 15 is 0 Å². The van der Waals surface area contributed by atoms with Gasteiger partial charge in [-0.25, -0.2) is 4.98 Å². The topological polar surface area (TPSA) is 46.6 Å². The Morgan fingerprint density at radius 3 is 2.84 bits per heavy atom. The molecule has 3 heterocycles. The zero-order chi connectivity index (χ0) is 12.9. The summed E-state index contributed by atoms with van der Waals surface area (Å²) in [7, 11) is 0. The molecule has 3 rings (SSSR count). The Hall–Kier alpha value is -1.33. The number of rotatable bonds is 3. The molecule has 2 aliphatic rings. The SMILES string of the molecule is c1cnc(OC2CCNCC2)c(N2CCOCC2)c1. The highest BCUT2D eigenvalue weighted by Gasteiger charge is 2.20. The Kier molecular flexibility index (Phi) is 4.15. The third kappa shape index (κ3) is 3.16. The van der Waals surface area contributed by atoms with Gasteiger partial charge in [-0.15, -0.1) is 0 Å². The maximum atomic E-state index is 6.11. The van der Waals surface area contributed by atoms with E-state index in [-0.39, 0.29) is 6.10 Å². The molecule has 1 aromatic rings. The summed E-state index contributed by atoms with van der Waals surface area (Å²) in [6, 6.07) is 4.06. The first-order valence-corrected chi connectivity index (χ1v) is 7.08. The molecule has 19 heavy (non-hydrogen) atoms. The number of hydrogen-bond donors (Lipinski definition) is 1. The van der Waals surface area contributed by atoms with Crippen LogP contribution in [0.1, 0.15) is 12.8 Å². The van der Waals surface area contributed by atoms with Crippen molar-refractivity contribution in [1.82, 2.24) is 10.3 Å². The van der Waals surface area contributed by atoms with Gasteiger partial charge in [-0.05, 0) is 38.1 Å². The van der Waals surface area contributed by atoms with Crippen molar-refractivity contribution in [1.29, 1.82) is 0 Å². The highest BCUT2D eigenvalue weighted by atomic mass is 16.5. The van der Waals surface area contributed by atoms with Crippen LogP contribution in [0.2, 0.25) is 0 Å². The molecular formula is C14H21N3O2. The summed E-state index contributed by atoms with van der Waals surface area (Å²) in [5.74, 6) is 0.774. The van der Waals surface area contributed by atoms with Crippen LogP contribution in [0.5, 0.6) is 5.88 Å². The van der Waals surface area contributed by atoms with Gasteiger partial charge in [0.15, 0.2) is 0 Å². The molecule has 0 amide bonds. The fraction of sp³-hybridized carbons (Fsp3) is 0.643. The van der Waals surface area contributed by atoms with Crippen molar-refractivity contribution in [2.75, 3.05) is 44.3 Å². The van der Waals surface area contributed by atoms with Crippen LogP contribution < -0.4 is 15.0 Å². The number of pyridine rings is 1. The fourth-order valence-corrected chi connectivity index (χ4v) is 2.59. The molecule has 104 valence electrons. The molecule has 0 atom stereocenters. The van der Waals surface area contributed by atoms with Gasteiger partial charge in [0.1, 0.15) is 11.8 Å². The van der Waals surface area contributed by atoms with Crippen LogP contribution in [0, 0.1) is 0 Å². The Labute approximate surface area is 113 Å². The van der Waals surface area contributed by atoms with Gasteiger partial charge in [-0.1, -0.05) is 0 Å². The number of nitrogens with zero attached hydrogens (tertiary/aromatic N) is 2. The second-order valence-electron chi connectivity index (χ2n) is 4.99. The first-order valence-electron chi connectivity index (χ1n) is 7.08. The lowest BCUT2D eigenvalue weighted by Gasteiger charge is -2.31. The molecule has 1 aromatic heterocycles. The number of aromatic nitrogens is 1. The van der Waals surface area contributed by atoms with Crippen molar-refractivity contribution >= 4 is 5.69 Å². The maximum absolute atomic E-state index is 6.11. The minimum atomic E-state index is 0.288. The fourth-order valence-electron chi connectivity index (χ4n) is 2.59. The van der Waals surface area contributed by atoms with E-state index < -0.39 is 0 Å². The van der Waals surface area contributed by atoms with Gasteiger partial charge in [-0.2, -0.15) is 0 Å². The first-order chi connectivity index (χ1) is 9.43. The van der Waals surface area contributed by atoms with E-state index in [9.17, 15) is 0 Å². The van der Waals surface area contributed by atoms with E-state index in [0.29, 0.717) is 0 Å². The van der Waals surface area contributed by atoms with E-state index in [1.54, 1.807) is 6.20 Å². The Bertz CT molecular complexity index is 401. The van der Waals surface area contributed by atoms with Crippen LogP contribution in [0.3, 0.4) is 0 Å². The second kappa shape index (κ2) is 6.21. The minimum Gasteiger partial charge on any atom is -0.473 e. The van der Waals surface area contributed by atoms with Crippen molar-refractivity contribution in [2.24, 2.45) is 0 Å². The van der Waals surface area contributed by atoms with Crippen LogP contribution in [-0.2, 0) is 4.74 Å². The molecule has 2 saturated heterocycles. The zero-order valence-electron chi connectivity index (χ0n) is 11.2. The van der Waals surface area contributed by atoms with E-state index in [2.05, 4.69) is 21.3 Å². The number of morpholine rings is 1. The molecule has 2 fully saturated rings. The molecule has 2 aliphatic heterocycles. The lowest BCUT2D eigenvalue weighted by Crippen LogP contribution is -2.37. The lowest BCUT2D eigenvalue weighted by atomic mass is 10.1. The van der Waals surface area contributed by atoms with Crippen molar-refractivity contribution in [3.8, 4) is 5.88 Å². The standard InChI is InChI=1S/C14H21N3O2/c1-2-13(17-8-10-18-11-9-17)14(16-5-1)19-12-3-6-15-7-4-12/h1-2,5,12,15H,3-4,6-11H2. The molecule has 5 nitrogen and oxygen atoms in total. The van der Waals surface area contributed by atoms with E-state index in [4.69, 9.17) is 9.47 Å². The number of nitrogens with one attached hydrogen (secondary N) is 1. The Morgan fingerprint density at radius 2 is 2.05 bits per heavy atom. The summed E-state index contributed by atoms with van der Waals surface area (Å²) < 4.78 is 11.5. The Morgan fingerprint density at radius 1 is 1.26 bits per heavy atom. The first kappa shape index (κ1) is 12.7. The zero-order valence-corrected chi connectivity index (χ0v) is 11.2. The van der Waals surface area contributed by atoms with Gasteiger partial charge < -0.3 is 19.7 Å². The molecular weight excluding hydrogens is 242 g/mol. The molecule has 0 aliphatic carbocycles. The lowest BCUT2D eigenvalue weighted by molar-refractivity contribution is 0.121. The summed E-state index contributed by atoms with van der Waals surface area (Å²) in [6.07, 6.45) is 4.20. The van der Waals surface area contributed by atoms with Crippen LogP contribution in [0.25, 0.3) is 0 Å². The quantitative estimate of drug-likeness (QED) is 0.883. The molecule has 5 heteroatoms. The average Bonchev–Trinajstić information content (AvgIpc) is 2.50. The summed E-state index contributed by atoms with van der Waals surface area (Å²) in [6.45, 7) is 5.45. The van der Waals surface area contributed by atoms with Gasteiger partial charge in [-0.3, -0.25) is 0 Å². The molecule has 0 unspecified atom stereocenters. The number of hydrogen-bond acceptors (Lipinski definition) is 5. The predicted octanol–water partition coefficient (Wildman–Crippen LogP) is 1.05. The molecule has 0 aromatic carbocycles. The van der Waals surface area contributed by atoms with Crippen molar-refractivity contribution < 1.29 is 9.47 Å². The summed E-state index contributed by atoms with van der Waals surface area (Å²) in [5, 5.41) is 3.35. The smallest absolute Gasteiger partial charge is 0.237 e. The van der Waals surface area contributed by atoms with Crippen LogP contribution >= 0.6 is 0 Å². The summed E-state index contributed by atoms with van der Waals surface area (Å²) in [5.41, 5.74) is 1.10. The number of ether oxygens (including phenoxy) is 2. The number of piperidine rings is 1. The highest BCUT2D eigenvalue weighted by molar-refractivity contribution is 5.55. The predicted molar refractivity (Wildman–Crippen MR) is 73.8 cm³/mol. The van der Waals surface area contributed by atoms with E-state index in [1.807, 2.05) is 6.07 Å². The van der Waals surface area contributed by atoms with Gasteiger partial charge in [0.2, 0.25) is 5.88 Å². The van der Waals surface area contributed by atoms with Crippen molar-refractivity contribution in [3.05, 3.63) is 18.3 Å². The van der Waals surface area contributed by atoms with Gasteiger partial charge in [0, 0.05) is 19.3 Å². The normalized spacial score (nSPS) is 21.4. The second-order valence-corrected chi connectivity index (χ2v) is 4.99. The van der Waals surface area contributed by atoms with Gasteiger partial charge in [0.05, 0.1) is 13.2 Å². The van der Waals surface area contributed by atoms with Gasteiger partial charge in [0.25, 0.3) is 0 Å².